The molecule has 5 heteroatoms. The van der Waals surface area contributed by atoms with E-state index in [0.717, 1.165) is 10.4 Å². The van der Waals surface area contributed by atoms with E-state index in [2.05, 4.69) is 17.2 Å². The van der Waals surface area contributed by atoms with Gasteiger partial charge in [0.1, 0.15) is 0 Å². The molecule has 0 saturated heterocycles. The number of urea groups is 1. The fourth-order valence-corrected chi connectivity index (χ4v) is 2.21. The van der Waals surface area contributed by atoms with Gasteiger partial charge < -0.3 is 16.0 Å². The van der Waals surface area contributed by atoms with Crippen LogP contribution in [0.3, 0.4) is 0 Å². The van der Waals surface area contributed by atoms with E-state index >= 15 is 0 Å². The lowest BCUT2D eigenvalue weighted by atomic mass is 10.3. The number of thiophene rings is 1. The first-order chi connectivity index (χ1) is 8.52. The Labute approximate surface area is 112 Å². The second kappa shape index (κ2) is 7.04. The molecule has 1 heterocycles. The van der Waals surface area contributed by atoms with E-state index in [1.807, 2.05) is 25.3 Å². The van der Waals surface area contributed by atoms with Gasteiger partial charge in [-0.05, 0) is 19.9 Å². The third kappa shape index (κ3) is 4.78. The Bertz CT molecular complexity index is 456. The van der Waals surface area contributed by atoms with Crippen LogP contribution < -0.4 is 11.1 Å². The highest BCUT2D eigenvalue weighted by atomic mass is 32.1. The quantitative estimate of drug-likeness (QED) is 0.816. The number of hydrogen-bond donors (Lipinski definition) is 2. The van der Waals surface area contributed by atoms with Crippen LogP contribution in [0.5, 0.6) is 0 Å². The van der Waals surface area contributed by atoms with Crippen molar-refractivity contribution in [1.29, 1.82) is 0 Å². The predicted molar refractivity (Wildman–Crippen MR) is 75.4 cm³/mol. The summed E-state index contributed by atoms with van der Waals surface area (Å²) < 4.78 is 0. The van der Waals surface area contributed by atoms with Crippen molar-refractivity contribution in [2.75, 3.05) is 13.6 Å². The molecule has 0 aliphatic heterocycles. The summed E-state index contributed by atoms with van der Waals surface area (Å²) in [4.78, 5) is 14.5. The number of nitrogens with zero attached hydrogens (tertiary/aromatic N) is 1. The zero-order valence-corrected chi connectivity index (χ0v) is 11.8. The average molecular weight is 265 g/mol. The highest BCUT2D eigenvalue weighted by molar-refractivity contribution is 7.10. The number of nitrogens with one attached hydrogen (secondary N) is 1. The van der Waals surface area contributed by atoms with Crippen molar-refractivity contribution in [2.24, 2.45) is 5.73 Å². The van der Waals surface area contributed by atoms with Crippen LogP contribution in [0.1, 0.15) is 24.3 Å². The molecule has 2 amide bonds. The summed E-state index contributed by atoms with van der Waals surface area (Å²) in [5, 5.41) is 4.83. The van der Waals surface area contributed by atoms with Gasteiger partial charge >= 0.3 is 6.03 Å². The normalized spacial score (nSPS) is 9.83. The highest BCUT2D eigenvalue weighted by Crippen LogP contribution is 2.15. The van der Waals surface area contributed by atoms with E-state index in [1.54, 1.807) is 23.3 Å². The summed E-state index contributed by atoms with van der Waals surface area (Å²) in [7, 11) is 1.78. The van der Waals surface area contributed by atoms with Crippen molar-refractivity contribution in [3.8, 4) is 11.8 Å². The largest absolute Gasteiger partial charge is 0.336 e. The number of carbonyl (C=O) groups excluding carboxylic acids is 1. The summed E-state index contributed by atoms with van der Waals surface area (Å²) in [6.07, 6.45) is 0. The van der Waals surface area contributed by atoms with E-state index in [1.165, 1.54) is 0 Å². The summed E-state index contributed by atoms with van der Waals surface area (Å²) in [6, 6.07) is 2.08. The molecule has 0 fully saturated rings. The zero-order valence-electron chi connectivity index (χ0n) is 11.0. The van der Waals surface area contributed by atoms with Crippen molar-refractivity contribution in [2.45, 2.75) is 26.4 Å². The molecule has 18 heavy (non-hydrogen) atoms. The Balaban J connectivity index is 2.56. The third-order valence-electron chi connectivity index (χ3n) is 2.14. The second-order valence-electron chi connectivity index (χ2n) is 4.27. The minimum atomic E-state index is -0.0620. The van der Waals surface area contributed by atoms with Crippen LogP contribution in [0.15, 0.2) is 11.4 Å². The van der Waals surface area contributed by atoms with Gasteiger partial charge in [0, 0.05) is 28.9 Å². The van der Waals surface area contributed by atoms with Crippen molar-refractivity contribution in [1.82, 2.24) is 10.2 Å². The van der Waals surface area contributed by atoms with Crippen molar-refractivity contribution >= 4 is 17.4 Å². The molecular formula is C13H19N3OS. The minimum absolute atomic E-state index is 0.0620. The molecule has 0 radical (unpaired) electrons. The molecule has 0 aliphatic rings. The van der Waals surface area contributed by atoms with Crippen molar-refractivity contribution in [3.63, 3.8) is 0 Å². The van der Waals surface area contributed by atoms with Crippen LogP contribution in [0.4, 0.5) is 4.79 Å². The first-order valence-corrected chi connectivity index (χ1v) is 6.69. The molecule has 4 nitrogen and oxygen atoms in total. The Morgan fingerprint density at radius 2 is 2.33 bits per heavy atom. The van der Waals surface area contributed by atoms with E-state index in [-0.39, 0.29) is 12.1 Å². The van der Waals surface area contributed by atoms with Gasteiger partial charge in [-0.3, -0.25) is 0 Å². The standard InChI is InChI=1S/C13H19N3OS/c1-10(2)15-13(17)16(3)8-12-7-11(9-18-12)5-4-6-14/h7,9-10H,6,8,14H2,1-3H3,(H,15,17). The SMILES string of the molecule is CC(C)NC(=O)N(C)Cc1cc(C#CCN)cs1. The molecule has 0 spiro atoms. The van der Waals surface area contributed by atoms with Gasteiger partial charge in [0.2, 0.25) is 0 Å². The monoisotopic (exact) mass is 265 g/mol. The molecule has 0 unspecified atom stereocenters. The fraction of sp³-hybridized carbons (Fsp3) is 0.462. The van der Waals surface area contributed by atoms with Crippen molar-refractivity contribution < 1.29 is 4.79 Å². The summed E-state index contributed by atoms with van der Waals surface area (Å²) in [5.41, 5.74) is 6.28. The van der Waals surface area contributed by atoms with Gasteiger partial charge in [0.25, 0.3) is 0 Å². The number of amides is 2. The van der Waals surface area contributed by atoms with Gasteiger partial charge in [0.15, 0.2) is 0 Å². The third-order valence-corrected chi connectivity index (χ3v) is 3.06. The highest BCUT2D eigenvalue weighted by Gasteiger charge is 2.10. The molecule has 3 N–H and O–H groups in total. The average Bonchev–Trinajstić information content (AvgIpc) is 2.73. The Morgan fingerprint density at radius 1 is 1.61 bits per heavy atom. The molecule has 0 aliphatic carbocycles. The number of rotatable bonds is 3. The second-order valence-corrected chi connectivity index (χ2v) is 5.26. The molecule has 0 saturated carbocycles. The van der Waals surface area contributed by atoms with E-state index in [9.17, 15) is 4.79 Å². The lowest BCUT2D eigenvalue weighted by molar-refractivity contribution is 0.204. The van der Waals surface area contributed by atoms with Crippen LogP contribution in [0, 0.1) is 11.8 Å². The molecule has 98 valence electrons. The van der Waals surface area contributed by atoms with Gasteiger partial charge in [-0.25, -0.2) is 4.79 Å². The van der Waals surface area contributed by atoms with E-state index in [4.69, 9.17) is 5.73 Å². The van der Waals surface area contributed by atoms with E-state index in [0.29, 0.717) is 13.1 Å². The van der Waals surface area contributed by atoms with Crippen LogP contribution in [-0.2, 0) is 6.54 Å². The summed E-state index contributed by atoms with van der Waals surface area (Å²) in [6.45, 7) is 4.84. The molecule has 0 atom stereocenters. The van der Waals surface area contributed by atoms with Crippen LogP contribution in [0.2, 0.25) is 0 Å². The zero-order chi connectivity index (χ0) is 13.5. The van der Waals surface area contributed by atoms with Gasteiger partial charge in [-0.2, -0.15) is 0 Å². The van der Waals surface area contributed by atoms with Crippen LogP contribution in [-0.4, -0.2) is 30.6 Å². The summed E-state index contributed by atoms with van der Waals surface area (Å²) in [5.74, 6) is 5.79. The number of hydrogen-bond acceptors (Lipinski definition) is 3. The predicted octanol–water partition coefficient (Wildman–Crippen LogP) is 1.61. The maximum atomic E-state index is 11.7. The van der Waals surface area contributed by atoms with Gasteiger partial charge in [0.05, 0.1) is 13.1 Å². The van der Waals surface area contributed by atoms with Gasteiger partial charge in [-0.15, -0.1) is 11.3 Å². The molecule has 0 bridgehead atoms. The molecule has 0 aromatic carbocycles. The molecular weight excluding hydrogens is 246 g/mol. The Kier molecular flexibility index (Phi) is 5.69. The first-order valence-electron chi connectivity index (χ1n) is 5.81. The number of carbonyl (C=O) groups is 1. The lowest BCUT2D eigenvalue weighted by Gasteiger charge is -2.18. The molecule has 1 aromatic rings. The van der Waals surface area contributed by atoms with Crippen LogP contribution in [0.25, 0.3) is 0 Å². The lowest BCUT2D eigenvalue weighted by Crippen LogP contribution is -2.40. The minimum Gasteiger partial charge on any atom is -0.336 e. The molecule has 1 rings (SSSR count). The fourth-order valence-electron chi connectivity index (χ4n) is 1.34. The van der Waals surface area contributed by atoms with Gasteiger partial charge in [-0.1, -0.05) is 11.8 Å². The van der Waals surface area contributed by atoms with Crippen molar-refractivity contribution in [3.05, 3.63) is 21.9 Å². The number of nitrogens with two attached hydrogens (primary N) is 1. The van der Waals surface area contributed by atoms with E-state index < -0.39 is 0 Å². The maximum Gasteiger partial charge on any atom is 0.317 e. The smallest absolute Gasteiger partial charge is 0.317 e. The Hall–Kier alpha value is -1.51. The summed E-state index contributed by atoms with van der Waals surface area (Å²) >= 11 is 1.60. The topological polar surface area (TPSA) is 58.4 Å². The Morgan fingerprint density at radius 3 is 2.94 bits per heavy atom. The first kappa shape index (κ1) is 14.6. The van der Waals surface area contributed by atoms with Crippen LogP contribution >= 0.6 is 11.3 Å². The molecule has 1 aromatic heterocycles. The maximum absolute atomic E-state index is 11.7.